The Balaban J connectivity index is 1.84. The van der Waals surface area contributed by atoms with Crippen molar-refractivity contribution in [2.45, 2.75) is 6.92 Å². The number of nitrogens with one attached hydrogen (secondary N) is 1. The number of benzene rings is 2. The molecular formula is C19H20N2O4. The first-order valence-electron chi connectivity index (χ1n) is 8.14. The molecule has 0 aliphatic carbocycles. The number of anilines is 1. The van der Waals surface area contributed by atoms with Crippen LogP contribution in [0, 0.1) is 0 Å². The standard InChI is InChI=1S/C19H20N2O4/c1-3-21-9-10-25-17-8-7-14(12-16(17)19(21)23)20-18(22)13-5-4-6-15(11-13)24-2/h4-8,11-12H,3,9-10H2,1-2H3,(H,20,22). The van der Waals surface area contributed by atoms with Gasteiger partial charge in [0.05, 0.1) is 19.2 Å². The van der Waals surface area contributed by atoms with Gasteiger partial charge in [-0.3, -0.25) is 9.59 Å². The topological polar surface area (TPSA) is 67.9 Å². The smallest absolute Gasteiger partial charge is 0.257 e. The van der Waals surface area contributed by atoms with E-state index in [1.54, 1.807) is 54.5 Å². The van der Waals surface area contributed by atoms with Gasteiger partial charge in [-0.2, -0.15) is 0 Å². The predicted octanol–water partition coefficient (Wildman–Crippen LogP) is 2.80. The van der Waals surface area contributed by atoms with Crippen molar-refractivity contribution in [2.75, 3.05) is 32.1 Å². The first kappa shape index (κ1) is 16.8. The maximum absolute atomic E-state index is 12.6. The van der Waals surface area contributed by atoms with Crippen molar-refractivity contribution in [3.05, 3.63) is 53.6 Å². The number of ether oxygens (including phenoxy) is 2. The van der Waals surface area contributed by atoms with E-state index in [0.717, 1.165) is 0 Å². The number of nitrogens with zero attached hydrogens (tertiary/aromatic N) is 1. The van der Waals surface area contributed by atoms with Crippen molar-refractivity contribution in [2.24, 2.45) is 0 Å². The lowest BCUT2D eigenvalue weighted by molar-refractivity contribution is 0.0764. The summed E-state index contributed by atoms with van der Waals surface area (Å²) in [7, 11) is 1.55. The molecule has 1 heterocycles. The second-order valence-corrected chi connectivity index (χ2v) is 5.63. The van der Waals surface area contributed by atoms with Crippen LogP contribution >= 0.6 is 0 Å². The summed E-state index contributed by atoms with van der Waals surface area (Å²) in [6.07, 6.45) is 0. The zero-order valence-corrected chi connectivity index (χ0v) is 14.2. The molecule has 0 saturated carbocycles. The Bertz CT molecular complexity index is 804. The molecule has 0 radical (unpaired) electrons. The quantitative estimate of drug-likeness (QED) is 0.929. The molecule has 6 nitrogen and oxygen atoms in total. The third kappa shape index (κ3) is 3.57. The summed E-state index contributed by atoms with van der Waals surface area (Å²) in [5.41, 5.74) is 1.48. The van der Waals surface area contributed by atoms with Gasteiger partial charge >= 0.3 is 0 Å². The predicted molar refractivity (Wildman–Crippen MR) is 94.5 cm³/mol. The number of hydrogen-bond donors (Lipinski definition) is 1. The Hall–Kier alpha value is -3.02. The van der Waals surface area contributed by atoms with Gasteiger partial charge in [0, 0.05) is 17.8 Å². The second-order valence-electron chi connectivity index (χ2n) is 5.63. The van der Waals surface area contributed by atoms with Gasteiger partial charge in [-0.15, -0.1) is 0 Å². The summed E-state index contributed by atoms with van der Waals surface area (Å²) in [5.74, 6) is 0.790. The van der Waals surface area contributed by atoms with E-state index in [1.165, 1.54) is 0 Å². The van der Waals surface area contributed by atoms with E-state index >= 15 is 0 Å². The van der Waals surface area contributed by atoms with Crippen LogP contribution in [0.25, 0.3) is 0 Å². The molecule has 2 aromatic carbocycles. The van der Waals surface area contributed by atoms with Gasteiger partial charge in [-0.25, -0.2) is 0 Å². The molecule has 0 saturated heterocycles. The average molecular weight is 340 g/mol. The molecule has 0 aromatic heterocycles. The summed E-state index contributed by atoms with van der Waals surface area (Å²) >= 11 is 0. The van der Waals surface area contributed by atoms with Crippen LogP contribution in [0.15, 0.2) is 42.5 Å². The molecule has 1 N–H and O–H groups in total. The number of fused-ring (bicyclic) bond motifs is 1. The number of hydrogen-bond acceptors (Lipinski definition) is 4. The van der Waals surface area contributed by atoms with Gasteiger partial charge in [0.1, 0.15) is 18.1 Å². The molecule has 130 valence electrons. The molecule has 0 bridgehead atoms. The number of methoxy groups -OCH3 is 1. The monoisotopic (exact) mass is 340 g/mol. The highest BCUT2D eigenvalue weighted by atomic mass is 16.5. The van der Waals surface area contributed by atoms with Crippen LogP contribution in [0.1, 0.15) is 27.6 Å². The average Bonchev–Trinajstić information content (AvgIpc) is 2.80. The van der Waals surface area contributed by atoms with E-state index in [9.17, 15) is 9.59 Å². The largest absolute Gasteiger partial charge is 0.497 e. The number of likely N-dealkylation sites (N-methyl/N-ethyl adjacent to an activating group) is 1. The normalized spacial score (nSPS) is 13.5. The molecule has 0 fully saturated rings. The van der Waals surface area contributed by atoms with Crippen LogP contribution in [0.5, 0.6) is 11.5 Å². The van der Waals surface area contributed by atoms with Crippen LogP contribution in [0.4, 0.5) is 5.69 Å². The van der Waals surface area contributed by atoms with E-state index < -0.39 is 0 Å². The second kappa shape index (κ2) is 7.25. The van der Waals surface area contributed by atoms with Crippen LogP contribution in [-0.4, -0.2) is 43.5 Å². The summed E-state index contributed by atoms with van der Waals surface area (Å²) in [6, 6.07) is 12.0. The molecule has 1 aliphatic heterocycles. The van der Waals surface area contributed by atoms with E-state index in [4.69, 9.17) is 9.47 Å². The van der Waals surface area contributed by atoms with Crippen molar-refractivity contribution in [3.63, 3.8) is 0 Å². The third-order valence-corrected chi connectivity index (χ3v) is 4.09. The number of rotatable bonds is 4. The third-order valence-electron chi connectivity index (χ3n) is 4.09. The Labute approximate surface area is 146 Å². The summed E-state index contributed by atoms with van der Waals surface area (Å²) in [6.45, 7) is 3.55. The lowest BCUT2D eigenvalue weighted by atomic mass is 10.1. The van der Waals surface area contributed by atoms with Crippen LogP contribution < -0.4 is 14.8 Å². The van der Waals surface area contributed by atoms with Gasteiger partial charge in [0.2, 0.25) is 0 Å². The SMILES string of the molecule is CCN1CCOc2ccc(NC(=O)c3cccc(OC)c3)cc2C1=O. The van der Waals surface area contributed by atoms with Crippen molar-refractivity contribution in [3.8, 4) is 11.5 Å². The van der Waals surface area contributed by atoms with E-state index in [-0.39, 0.29) is 11.8 Å². The van der Waals surface area contributed by atoms with Crippen LogP contribution in [-0.2, 0) is 0 Å². The molecule has 2 amide bonds. The molecule has 3 rings (SSSR count). The van der Waals surface area contributed by atoms with Crippen molar-refractivity contribution in [1.29, 1.82) is 0 Å². The molecule has 0 atom stereocenters. The fraction of sp³-hybridized carbons (Fsp3) is 0.263. The molecule has 0 unspecified atom stereocenters. The Kier molecular flexibility index (Phi) is 4.88. The molecule has 2 aromatic rings. The van der Waals surface area contributed by atoms with E-state index in [0.29, 0.717) is 48.0 Å². The Morgan fingerprint density at radius 1 is 1.28 bits per heavy atom. The minimum atomic E-state index is -0.270. The minimum absolute atomic E-state index is 0.0903. The number of amides is 2. The zero-order chi connectivity index (χ0) is 17.8. The van der Waals surface area contributed by atoms with E-state index in [1.807, 2.05) is 6.92 Å². The van der Waals surface area contributed by atoms with Gasteiger partial charge in [-0.05, 0) is 43.3 Å². The van der Waals surface area contributed by atoms with Crippen molar-refractivity contribution in [1.82, 2.24) is 4.90 Å². The highest BCUT2D eigenvalue weighted by Crippen LogP contribution is 2.27. The maximum Gasteiger partial charge on any atom is 0.257 e. The molecular weight excluding hydrogens is 320 g/mol. The summed E-state index contributed by atoms with van der Waals surface area (Å²) in [4.78, 5) is 26.7. The highest BCUT2D eigenvalue weighted by molar-refractivity contribution is 6.05. The minimum Gasteiger partial charge on any atom is -0.497 e. The lowest BCUT2D eigenvalue weighted by Crippen LogP contribution is -2.32. The van der Waals surface area contributed by atoms with Crippen molar-refractivity contribution >= 4 is 17.5 Å². The summed E-state index contributed by atoms with van der Waals surface area (Å²) in [5, 5.41) is 2.81. The lowest BCUT2D eigenvalue weighted by Gasteiger charge is -2.17. The van der Waals surface area contributed by atoms with Gasteiger partial charge in [0.15, 0.2) is 0 Å². The van der Waals surface area contributed by atoms with Crippen molar-refractivity contribution < 1.29 is 19.1 Å². The fourth-order valence-electron chi connectivity index (χ4n) is 2.71. The molecule has 6 heteroatoms. The van der Waals surface area contributed by atoms with Gasteiger partial charge in [0.25, 0.3) is 11.8 Å². The molecule has 1 aliphatic rings. The van der Waals surface area contributed by atoms with Crippen LogP contribution in [0.3, 0.4) is 0 Å². The number of carbonyl (C=O) groups excluding carboxylic acids is 2. The van der Waals surface area contributed by atoms with Gasteiger partial charge < -0.3 is 19.7 Å². The fourth-order valence-corrected chi connectivity index (χ4v) is 2.71. The van der Waals surface area contributed by atoms with E-state index in [2.05, 4.69) is 5.32 Å². The van der Waals surface area contributed by atoms with Crippen LogP contribution in [0.2, 0.25) is 0 Å². The Morgan fingerprint density at radius 3 is 2.88 bits per heavy atom. The zero-order valence-electron chi connectivity index (χ0n) is 14.2. The maximum atomic E-state index is 12.6. The summed E-state index contributed by atoms with van der Waals surface area (Å²) < 4.78 is 10.8. The molecule has 25 heavy (non-hydrogen) atoms. The highest BCUT2D eigenvalue weighted by Gasteiger charge is 2.23. The molecule has 0 spiro atoms. The first-order chi connectivity index (χ1) is 12.1. The first-order valence-corrected chi connectivity index (χ1v) is 8.14. The number of carbonyl (C=O) groups is 2. The van der Waals surface area contributed by atoms with Gasteiger partial charge in [-0.1, -0.05) is 6.07 Å². The Morgan fingerprint density at radius 2 is 2.12 bits per heavy atom.